The maximum absolute atomic E-state index is 13.4. The van der Waals surface area contributed by atoms with E-state index in [2.05, 4.69) is 5.32 Å². The van der Waals surface area contributed by atoms with Gasteiger partial charge in [0.2, 0.25) is 5.91 Å². The van der Waals surface area contributed by atoms with Crippen molar-refractivity contribution in [3.05, 3.63) is 102 Å². The van der Waals surface area contributed by atoms with Crippen LogP contribution in [-0.2, 0) is 20.9 Å². The average molecular weight is 451 g/mol. The van der Waals surface area contributed by atoms with Crippen LogP contribution in [0.1, 0.15) is 17.2 Å². The van der Waals surface area contributed by atoms with Crippen LogP contribution in [-0.4, -0.2) is 43.6 Å². The fraction of sp³-hybridized carbons (Fsp3) is 0.231. The number of nitrogens with zero attached hydrogens (tertiary/aromatic N) is 1. The lowest BCUT2D eigenvalue weighted by atomic mass is 10.0. The Morgan fingerprint density at radius 2 is 1.58 bits per heavy atom. The van der Waals surface area contributed by atoms with Gasteiger partial charge < -0.3 is 19.7 Å². The van der Waals surface area contributed by atoms with E-state index in [4.69, 9.17) is 9.47 Å². The molecule has 0 aliphatic heterocycles. The Bertz CT molecular complexity index is 1010. The van der Waals surface area contributed by atoms with Gasteiger partial charge in [-0.2, -0.15) is 0 Å². The lowest BCUT2D eigenvalue weighted by Gasteiger charge is -2.31. The van der Waals surface area contributed by atoms with Crippen LogP contribution >= 0.6 is 0 Å². The summed E-state index contributed by atoms with van der Waals surface area (Å²) in [4.78, 5) is 28.0. The van der Waals surface area contributed by atoms with Crippen molar-refractivity contribution in [2.75, 3.05) is 26.9 Å². The molecular formula is C26H27FN2O4. The van der Waals surface area contributed by atoms with E-state index in [-0.39, 0.29) is 30.8 Å². The van der Waals surface area contributed by atoms with E-state index < -0.39 is 6.04 Å². The van der Waals surface area contributed by atoms with Gasteiger partial charge in [-0.25, -0.2) is 4.39 Å². The SMILES string of the molecule is COCCNC(=O)[C@@H](c1ccccc1)N(Cc1ccc(F)cc1)C(=O)COc1ccccc1. The predicted molar refractivity (Wildman–Crippen MR) is 123 cm³/mol. The quantitative estimate of drug-likeness (QED) is 0.452. The summed E-state index contributed by atoms with van der Waals surface area (Å²) in [5, 5.41) is 2.83. The summed E-state index contributed by atoms with van der Waals surface area (Å²) in [7, 11) is 1.55. The fourth-order valence-electron chi connectivity index (χ4n) is 3.34. The molecule has 0 aliphatic carbocycles. The molecule has 0 radical (unpaired) electrons. The van der Waals surface area contributed by atoms with Gasteiger partial charge in [0, 0.05) is 20.2 Å². The molecule has 0 saturated carbocycles. The normalized spacial score (nSPS) is 11.5. The van der Waals surface area contributed by atoms with E-state index in [9.17, 15) is 14.0 Å². The van der Waals surface area contributed by atoms with Crippen molar-refractivity contribution in [1.82, 2.24) is 10.2 Å². The number of hydrogen-bond acceptors (Lipinski definition) is 4. The number of carbonyl (C=O) groups is 2. The van der Waals surface area contributed by atoms with E-state index in [0.717, 1.165) is 0 Å². The molecular weight excluding hydrogens is 423 g/mol. The van der Waals surface area contributed by atoms with Gasteiger partial charge in [-0.1, -0.05) is 60.7 Å². The summed E-state index contributed by atoms with van der Waals surface area (Å²) in [6.07, 6.45) is 0. The van der Waals surface area contributed by atoms with Crippen molar-refractivity contribution in [3.63, 3.8) is 0 Å². The van der Waals surface area contributed by atoms with Gasteiger partial charge in [0.05, 0.1) is 6.61 Å². The zero-order valence-electron chi connectivity index (χ0n) is 18.4. The predicted octanol–water partition coefficient (Wildman–Crippen LogP) is 3.74. The van der Waals surface area contributed by atoms with E-state index in [0.29, 0.717) is 30.0 Å². The summed E-state index contributed by atoms with van der Waals surface area (Å²) >= 11 is 0. The molecule has 0 saturated heterocycles. The van der Waals surface area contributed by atoms with E-state index in [1.807, 2.05) is 36.4 Å². The van der Waals surface area contributed by atoms with Gasteiger partial charge >= 0.3 is 0 Å². The van der Waals surface area contributed by atoms with Crippen molar-refractivity contribution in [2.45, 2.75) is 12.6 Å². The highest BCUT2D eigenvalue weighted by molar-refractivity contribution is 5.89. The highest BCUT2D eigenvalue weighted by atomic mass is 19.1. The first-order chi connectivity index (χ1) is 16.1. The molecule has 0 heterocycles. The topological polar surface area (TPSA) is 67.9 Å². The number of hydrogen-bond donors (Lipinski definition) is 1. The lowest BCUT2D eigenvalue weighted by molar-refractivity contribution is -0.143. The van der Waals surface area contributed by atoms with Gasteiger partial charge in [0.15, 0.2) is 6.61 Å². The van der Waals surface area contributed by atoms with Crippen LogP contribution in [0, 0.1) is 5.82 Å². The van der Waals surface area contributed by atoms with E-state index in [1.54, 1.807) is 43.5 Å². The molecule has 2 amide bonds. The number of ether oxygens (including phenoxy) is 2. The highest BCUT2D eigenvalue weighted by Gasteiger charge is 2.31. The van der Waals surface area contributed by atoms with Crippen LogP contribution in [0.15, 0.2) is 84.9 Å². The van der Waals surface area contributed by atoms with Gasteiger partial charge in [-0.05, 0) is 35.4 Å². The third-order valence-electron chi connectivity index (χ3n) is 4.97. The maximum atomic E-state index is 13.4. The Morgan fingerprint density at radius 3 is 2.21 bits per heavy atom. The smallest absolute Gasteiger partial charge is 0.261 e. The summed E-state index contributed by atoms with van der Waals surface area (Å²) in [6.45, 7) is 0.502. The van der Waals surface area contributed by atoms with Crippen molar-refractivity contribution in [1.29, 1.82) is 0 Å². The van der Waals surface area contributed by atoms with Crippen LogP contribution in [0.5, 0.6) is 5.75 Å². The number of amides is 2. The summed E-state index contributed by atoms with van der Waals surface area (Å²) in [6, 6.07) is 23.0. The maximum Gasteiger partial charge on any atom is 0.261 e. The Morgan fingerprint density at radius 1 is 0.939 bits per heavy atom. The molecule has 0 bridgehead atoms. The lowest BCUT2D eigenvalue weighted by Crippen LogP contribution is -2.45. The molecule has 3 aromatic rings. The number of nitrogens with one attached hydrogen (secondary N) is 1. The van der Waals surface area contributed by atoms with Crippen molar-refractivity contribution >= 4 is 11.8 Å². The van der Waals surface area contributed by atoms with Gasteiger partial charge in [0.25, 0.3) is 5.91 Å². The molecule has 0 fully saturated rings. The average Bonchev–Trinajstić information content (AvgIpc) is 2.85. The van der Waals surface area contributed by atoms with E-state index >= 15 is 0 Å². The van der Waals surface area contributed by atoms with Gasteiger partial charge in [-0.15, -0.1) is 0 Å². The van der Waals surface area contributed by atoms with Crippen LogP contribution in [0.2, 0.25) is 0 Å². The molecule has 6 nitrogen and oxygen atoms in total. The minimum atomic E-state index is -0.903. The molecule has 172 valence electrons. The van der Waals surface area contributed by atoms with Crippen LogP contribution in [0.4, 0.5) is 4.39 Å². The zero-order valence-corrected chi connectivity index (χ0v) is 18.4. The standard InChI is InChI=1S/C26H27FN2O4/c1-32-17-16-28-26(31)25(21-8-4-2-5-9-21)29(18-20-12-14-22(27)15-13-20)24(30)19-33-23-10-6-3-7-11-23/h2-15,25H,16-19H2,1H3,(H,28,31)/t25-/m1/s1. The Labute approximate surface area is 192 Å². The number of halogens is 1. The number of para-hydroxylation sites is 1. The second-order valence-electron chi connectivity index (χ2n) is 7.35. The van der Waals surface area contributed by atoms with E-state index in [1.165, 1.54) is 17.0 Å². The number of methoxy groups -OCH3 is 1. The number of carbonyl (C=O) groups excluding carboxylic acids is 2. The summed E-state index contributed by atoms with van der Waals surface area (Å²) in [5.41, 5.74) is 1.35. The third kappa shape index (κ3) is 7.15. The largest absolute Gasteiger partial charge is 0.484 e. The molecule has 0 spiro atoms. The summed E-state index contributed by atoms with van der Waals surface area (Å²) < 4.78 is 24.1. The molecule has 0 aromatic heterocycles. The number of rotatable bonds is 11. The molecule has 1 N–H and O–H groups in total. The zero-order chi connectivity index (χ0) is 23.5. The summed E-state index contributed by atoms with van der Waals surface area (Å²) in [5.74, 6) is -0.540. The van der Waals surface area contributed by atoms with Crippen molar-refractivity contribution in [2.24, 2.45) is 0 Å². The minimum Gasteiger partial charge on any atom is -0.484 e. The second-order valence-corrected chi connectivity index (χ2v) is 7.35. The molecule has 0 aliphatic rings. The molecule has 3 rings (SSSR count). The molecule has 3 aromatic carbocycles. The Hall–Kier alpha value is -3.71. The first kappa shape index (κ1) is 23.9. The van der Waals surface area contributed by atoms with Crippen LogP contribution in [0.3, 0.4) is 0 Å². The first-order valence-corrected chi connectivity index (χ1v) is 10.6. The van der Waals surface area contributed by atoms with Crippen LogP contribution in [0.25, 0.3) is 0 Å². The van der Waals surface area contributed by atoms with Crippen LogP contribution < -0.4 is 10.1 Å². The van der Waals surface area contributed by atoms with Gasteiger partial charge in [-0.3, -0.25) is 9.59 Å². The van der Waals surface area contributed by atoms with Crippen molar-refractivity contribution < 1.29 is 23.5 Å². The highest BCUT2D eigenvalue weighted by Crippen LogP contribution is 2.24. The fourth-order valence-corrected chi connectivity index (χ4v) is 3.34. The monoisotopic (exact) mass is 450 g/mol. The molecule has 7 heteroatoms. The third-order valence-corrected chi connectivity index (χ3v) is 4.97. The van der Waals surface area contributed by atoms with Crippen molar-refractivity contribution in [3.8, 4) is 5.75 Å². The Kier molecular flexibility index (Phi) is 8.97. The second kappa shape index (κ2) is 12.4. The molecule has 33 heavy (non-hydrogen) atoms. The minimum absolute atomic E-state index is 0.106. The Balaban J connectivity index is 1.90. The number of benzene rings is 3. The molecule has 1 atom stereocenters. The molecule has 0 unspecified atom stereocenters. The van der Waals surface area contributed by atoms with Gasteiger partial charge in [0.1, 0.15) is 17.6 Å². The first-order valence-electron chi connectivity index (χ1n) is 10.6.